The van der Waals surface area contributed by atoms with Crippen LogP contribution in [0, 0.1) is 0 Å². The smallest absolute Gasteiger partial charge is 0.328 e. The number of amides is 1. The summed E-state index contributed by atoms with van der Waals surface area (Å²) < 4.78 is 5.23. The molecule has 2 N–H and O–H groups in total. The highest BCUT2D eigenvalue weighted by atomic mass is 32.1. The van der Waals surface area contributed by atoms with Crippen LogP contribution in [0.4, 0.5) is 0 Å². The van der Waals surface area contributed by atoms with Crippen LogP contribution in [0.1, 0.15) is 14.5 Å². The molecule has 1 fully saturated rings. The lowest BCUT2D eigenvalue weighted by Gasteiger charge is -2.34. The average Bonchev–Trinajstić information content (AvgIpc) is 2.93. The first-order chi connectivity index (χ1) is 9.61. The van der Waals surface area contributed by atoms with Crippen LogP contribution in [0.25, 0.3) is 6.08 Å². The number of hydrogen-bond donors (Lipinski definition) is 2. The number of carbonyl (C=O) groups excluding carboxylic acids is 1. The largest absolute Gasteiger partial charge is 0.478 e. The normalized spacial score (nSPS) is 19.4. The molecule has 6 nitrogen and oxygen atoms in total. The van der Waals surface area contributed by atoms with Crippen molar-refractivity contribution in [1.29, 1.82) is 0 Å². The Morgan fingerprint density at radius 3 is 3.00 bits per heavy atom. The van der Waals surface area contributed by atoms with E-state index in [1.807, 2.05) is 0 Å². The molecule has 1 aliphatic rings. The van der Waals surface area contributed by atoms with Crippen molar-refractivity contribution in [2.45, 2.75) is 6.04 Å². The second kappa shape index (κ2) is 6.65. The minimum absolute atomic E-state index is 0.136. The van der Waals surface area contributed by atoms with Gasteiger partial charge >= 0.3 is 5.97 Å². The summed E-state index contributed by atoms with van der Waals surface area (Å²) in [7, 11) is 0. The van der Waals surface area contributed by atoms with Gasteiger partial charge in [0.1, 0.15) is 0 Å². The average molecular weight is 297 g/mol. The van der Waals surface area contributed by atoms with Crippen molar-refractivity contribution in [2.24, 2.45) is 0 Å². The number of aliphatic hydroxyl groups excluding tert-OH is 1. The fourth-order valence-electron chi connectivity index (χ4n) is 1.93. The quantitative estimate of drug-likeness (QED) is 0.798. The first-order valence-electron chi connectivity index (χ1n) is 6.12. The summed E-state index contributed by atoms with van der Waals surface area (Å²) in [6.45, 7) is 1.10. The molecule has 1 amide bonds. The molecular formula is C13H15NO5S. The Morgan fingerprint density at radius 1 is 1.50 bits per heavy atom. The van der Waals surface area contributed by atoms with Crippen LogP contribution in [-0.4, -0.2) is 59.4 Å². The molecular weight excluding hydrogens is 282 g/mol. The van der Waals surface area contributed by atoms with Gasteiger partial charge in [-0.1, -0.05) is 0 Å². The second-order valence-electron chi connectivity index (χ2n) is 4.28. The number of carbonyl (C=O) groups is 2. The molecule has 1 unspecified atom stereocenters. The van der Waals surface area contributed by atoms with Crippen LogP contribution in [0.3, 0.4) is 0 Å². The molecule has 0 aliphatic carbocycles. The third-order valence-electron chi connectivity index (χ3n) is 2.93. The Hall–Kier alpha value is -1.70. The summed E-state index contributed by atoms with van der Waals surface area (Å²) in [5.41, 5.74) is 0. The third-order valence-corrected chi connectivity index (χ3v) is 3.97. The highest BCUT2D eigenvalue weighted by Crippen LogP contribution is 2.21. The van der Waals surface area contributed by atoms with Crippen LogP contribution in [0.2, 0.25) is 0 Å². The molecule has 0 spiro atoms. The molecule has 108 valence electrons. The third kappa shape index (κ3) is 3.44. The Kier molecular flexibility index (Phi) is 4.89. The van der Waals surface area contributed by atoms with Gasteiger partial charge in [-0.15, -0.1) is 11.3 Å². The molecule has 7 heteroatoms. The zero-order chi connectivity index (χ0) is 14.5. The van der Waals surface area contributed by atoms with Crippen LogP contribution < -0.4 is 0 Å². The summed E-state index contributed by atoms with van der Waals surface area (Å²) in [4.78, 5) is 25.6. The van der Waals surface area contributed by atoms with E-state index in [-0.39, 0.29) is 18.6 Å². The van der Waals surface area contributed by atoms with Crippen molar-refractivity contribution >= 4 is 29.3 Å². The van der Waals surface area contributed by atoms with Gasteiger partial charge in [0.25, 0.3) is 5.91 Å². The number of ether oxygens (including phenoxy) is 1. The molecule has 1 aromatic heterocycles. The molecule has 2 rings (SSSR count). The van der Waals surface area contributed by atoms with Crippen molar-refractivity contribution in [3.8, 4) is 0 Å². The van der Waals surface area contributed by atoms with E-state index in [0.29, 0.717) is 29.5 Å². The fourth-order valence-corrected chi connectivity index (χ4v) is 2.79. The molecule has 0 radical (unpaired) electrons. The minimum Gasteiger partial charge on any atom is -0.478 e. The summed E-state index contributed by atoms with van der Waals surface area (Å²) in [5.74, 6) is -1.19. The Bertz CT molecular complexity index is 525. The van der Waals surface area contributed by atoms with E-state index in [9.17, 15) is 14.7 Å². The van der Waals surface area contributed by atoms with E-state index in [0.717, 1.165) is 6.08 Å². The van der Waals surface area contributed by atoms with Crippen molar-refractivity contribution in [3.63, 3.8) is 0 Å². The van der Waals surface area contributed by atoms with Gasteiger partial charge in [0, 0.05) is 17.5 Å². The van der Waals surface area contributed by atoms with E-state index in [4.69, 9.17) is 9.84 Å². The van der Waals surface area contributed by atoms with Crippen molar-refractivity contribution in [2.75, 3.05) is 26.4 Å². The summed E-state index contributed by atoms with van der Waals surface area (Å²) >= 11 is 1.23. The molecule has 1 atom stereocenters. The molecule has 0 aromatic carbocycles. The molecule has 0 saturated carbocycles. The Morgan fingerprint density at radius 2 is 2.30 bits per heavy atom. The molecule has 0 bridgehead atoms. The first-order valence-corrected chi connectivity index (χ1v) is 6.94. The minimum atomic E-state index is -1.03. The lowest BCUT2D eigenvalue weighted by atomic mass is 10.2. The Labute approximate surface area is 119 Å². The van der Waals surface area contributed by atoms with E-state index >= 15 is 0 Å². The van der Waals surface area contributed by atoms with Crippen LogP contribution in [-0.2, 0) is 9.53 Å². The summed E-state index contributed by atoms with van der Waals surface area (Å²) in [5, 5.41) is 17.8. The van der Waals surface area contributed by atoms with Gasteiger partial charge in [-0.05, 0) is 18.2 Å². The van der Waals surface area contributed by atoms with Crippen LogP contribution >= 0.6 is 11.3 Å². The maximum absolute atomic E-state index is 12.3. The second-order valence-corrected chi connectivity index (χ2v) is 5.40. The molecule has 20 heavy (non-hydrogen) atoms. The zero-order valence-electron chi connectivity index (χ0n) is 10.7. The van der Waals surface area contributed by atoms with E-state index in [1.54, 1.807) is 17.0 Å². The number of nitrogens with zero attached hydrogens (tertiary/aromatic N) is 1. The Balaban J connectivity index is 2.10. The molecule has 1 saturated heterocycles. The lowest BCUT2D eigenvalue weighted by molar-refractivity contribution is -0.131. The van der Waals surface area contributed by atoms with Gasteiger partial charge < -0.3 is 19.8 Å². The van der Waals surface area contributed by atoms with E-state index in [2.05, 4.69) is 0 Å². The number of carboxylic acid groups (broad SMARTS) is 1. The lowest BCUT2D eigenvalue weighted by Crippen LogP contribution is -2.50. The molecule has 1 aromatic rings. The number of hydrogen-bond acceptors (Lipinski definition) is 5. The van der Waals surface area contributed by atoms with Gasteiger partial charge in [0.05, 0.1) is 30.7 Å². The van der Waals surface area contributed by atoms with Crippen LogP contribution in [0.5, 0.6) is 0 Å². The van der Waals surface area contributed by atoms with Gasteiger partial charge in [0.2, 0.25) is 0 Å². The number of aliphatic hydroxyl groups is 1. The first kappa shape index (κ1) is 14.7. The maximum atomic E-state index is 12.3. The molecule has 1 aliphatic heterocycles. The van der Waals surface area contributed by atoms with E-state index in [1.165, 1.54) is 17.4 Å². The van der Waals surface area contributed by atoms with Gasteiger partial charge in [-0.3, -0.25) is 4.79 Å². The van der Waals surface area contributed by atoms with Crippen LogP contribution in [0.15, 0.2) is 18.2 Å². The van der Waals surface area contributed by atoms with Gasteiger partial charge in [0.15, 0.2) is 0 Å². The number of carboxylic acids is 1. The zero-order valence-corrected chi connectivity index (χ0v) is 11.5. The number of aliphatic carboxylic acids is 1. The van der Waals surface area contributed by atoms with Crippen molar-refractivity contribution < 1.29 is 24.5 Å². The highest BCUT2D eigenvalue weighted by Gasteiger charge is 2.28. The monoisotopic (exact) mass is 297 g/mol. The highest BCUT2D eigenvalue weighted by molar-refractivity contribution is 7.14. The topological polar surface area (TPSA) is 87.1 Å². The predicted molar refractivity (Wildman–Crippen MR) is 73.7 cm³/mol. The maximum Gasteiger partial charge on any atom is 0.328 e. The van der Waals surface area contributed by atoms with E-state index < -0.39 is 5.97 Å². The summed E-state index contributed by atoms with van der Waals surface area (Å²) in [6, 6.07) is 3.04. The van der Waals surface area contributed by atoms with Gasteiger partial charge in [-0.25, -0.2) is 4.79 Å². The standard InChI is InChI=1S/C13H15NO5S/c15-7-9-8-19-6-5-14(9)13(18)11-3-1-10(20-11)2-4-12(16)17/h1-4,9,15H,5-8H2,(H,16,17)/b4-2+. The van der Waals surface area contributed by atoms with Crippen molar-refractivity contribution in [1.82, 2.24) is 4.90 Å². The fraction of sp³-hybridized carbons (Fsp3) is 0.385. The molecule has 2 heterocycles. The number of rotatable bonds is 4. The number of thiophene rings is 1. The SMILES string of the molecule is O=C(O)/C=C/c1ccc(C(=O)N2CCOCC2CO)s1. The van der Waals surface area contributed by atoms with Crippen molar-refractivity contribution in [3.05, 3.63) is 28.0 Å². The summed E-state index contributed by atoms with van der Waals surface area (Å²) in [6.07, 6.45) is 2.48. The predicted octanol–water partition coefficient (Wildman–Crippen LogP) is 0.679. The number of morpholine rings is 1. The van der Waals surface area contributed by atoms with Gasteiger partial charge in [-0.2, -0.15) is 0 Å².